The van der Waals surface area contributed by atoms with Crippen LogP contribution in [-0.2, 0) is 23.9 Å². The van der Waals surface area contributed by atoms with Gasteiger partial charge in [-0.1, -0.05) is 12.1 Å². The Hall–Kier alpha value is -2.87. The lowest BCUT2D eigenvalue weighted by molar-refractivity contribution is -0.137. The minimum Gasteiger partial charge on any atom is -0.315 e. The van der Waals surface area contributed by atoms with Crippen LogP contribution in [0.15, 0.2) is 53.5 Å². The van der Waals surface area contributed by atoms with Crippen LogP contribution in [0.4, 0.5) is 13.2 Å². The highest BCUT2D eigenvalue weighted by Gasteiger charge is 2.29. The Morgan fingerprint density at radius 1 is 1.20 bits per heavy atom. The van der Waals surface area contributed by atoms with Gasteiger partial charge < -0.3 is 4.57 Å². The smallest absolute Gasteiger partial charge is 0.315 e. The average Bonchev–Trinajstić information content (AvgIpc) is 2.59. The van der Waals surface area contributed by atoms with E-state index < -0.39 is 17.6 Å². The summed E-state index contributed by atoms with van der Waals surface area (Å²) in [5, 5.41) is 8.41. The number of nitrogens with one attached hydrogen (secondary N) is 1. The van der Waals surface area contributed by atoms with Crippen LogP contribution < -0.4 is 11.0 Å². The number of hydrogen-bond donors (Lipinski definition) is 2. The molecule has 1 aromatic carbocycles. The fourth-order valence-electron chi connectivity index (χ4n) is 2.17. The van der Waals surface area contributed by atoms with Crippen molar-refractivity contribution in [1.29, 1.82) is 0 Å². The number of pyridine rings is 1. The summed E-state index contributed by atoms with van der Waals surface area (Å²) in [6.07, 6.45) is -0.172. The van der Waals surface area contributed by atoms with Crippen molar-refractivity contribution in [2.24, 2.45) is 0 Å². The summed E-state index contributed by atoms with van der Waals surface area (Å²) in [6, 6.07) is 7.89. The fraction of sp³-hybridized carbons (Fsp3) is 0.176. The van der Waals surface area contributed by atoms with E-state index in [4.69, 9.17) is 5.21 Å². The molecule has 1 aromatic heterocycles. The molecule has 0 aliphatic carbocycles. The number of alkyl halides is 3. The number of halogens is 3. The van der Waals surface area contributed by atoms with Gasteiger partial charge in [-0.05, 0) is 42.3 Å². The second-order valence-corrected chi connectivity index (χ2v) is 5.22. The number of rotatable bonds is 5. The normalized spacial score (nSPS) is 11.7. The van der Waals surface area contributed by atoms with Crippen molar-refractivity contribution in [3.63, 3.8) is 0 Å². The first-order valence-corrected chi connectivity index (χ1v) is 7.29. The van der Waals surface area contributed by atoms with E-state index in [-0.39, 0.29) is 17.7 Å². The molecule has 2 rings (SSSR count). The molecule has 1 heterocycles. The Labute approximate surface area is 141 Å². The molecule has 1 amide bonds. The van der Waals surface area contributed by atoms with Crippen LogP contribution >= 0.6 is 0 Å². The van der Waals surface area contributed by atoms with Gasteiger partial charge in [0, 0.05) is 24.4 Å². The zero-order chi connectivity index (χ0) is 18.4. The van der Waals surface area contributed by atoms with Gasteiger partial charge in [-0.25, -0.2) is 5.48 Å². The van der Waals surface area contributed by atoms with Gasteiger partial charge in [-0.15, -0.1) is 0 Å². The van der Waals surface area contributed by atoms with Gasteiger partial charge in [0.15, 0.2) is 0 Å². The molecule has 0 atom stereocenters. The van der Waals surface area contributed by atoms with Crippen LogP contribution in [0.3, 0.4) is 0 Å². The molecule has 0 aliphatic heterocycles. The van der Waals surface area contributed by atoms with E-state index in [2.05, 4.69) is 0 Å². The van der Waals surface area contributed by atoms with Gasteiger partial charge in [0.1, 0.15) is 0 Å². The van der Waals surface area contributed by atoms with Crippen molar-refractivity contribution < 1.29 is 23.2 Å². The van der Waals surface area contributed by atoms with E-state index in [1.165, 1.54) is 34.3 Å². The maximum absolute atomic E-state index is 12.5. The monoisotopic (exact) mass is 352 g/mol. The Kier molecular flexibility index (Phi) is 5.76. The number of amides is 1. The molecular weight excluding hydrogens is 337 g/mol. The molecule has 2 aromatic rings. The SMILES string of the molecule is O=C(/C=C/c1cccn(CCc2ccc(C(F)(F)F)cc2)c1=O)NO. The molecule has 132 valence electrons. The van der Waals surface area contributed by atoms with Crippen LogP contribution in [0.5, 0.6) is 0 Å². The van der Waals surface area contributed by atoms with Crippen LogP contribution in [0.25, 0.3) is 6.08 Å². The number of aryl methyl sites for hydroxylation is 2. The molecule has 0 bridgehead atoms. The fourth-order valence-corrected chi connectivity index (χ4v) is 2.17. The van der Waals surface area contributed by atoms with E-state index in [0.29, 0.717) is 12.0 Å². The lowest BCUT2D eigenvalue weighted by Gasteiger charge is -2.09. The minimum atomic E-state index is -4.38. The predicted molar refractivity (Wildman–Crippen MR) is 84.8 cm³/mol. The van der Waals surface area contributed by atoms with Crippen molar-refractivity contribution in [2.75, 3.05) is 0 Å². The van der Waals surface area contributed by atoms with Gasteiger partial charge in [0.2, 0.25) is 0 Å². The van der Waals surface area contributed by atoms with Crippen LogP contribution in [-0.4, -0.2) is 15.7 Å². The van der Waals surface area contributed by atoms with Crippen LogP contribution in [0.2, 0.25) is 0 Å². The molecular formula is C17H15F3N2O3. The molecule has 0 saturated heterocycles. The second-order valence-electron chi connectivity index (χ2n) is 5.22. The third-order valence-electron chi connectivity index (χ3n) is 3.50. The third kappa shape index (κ3) is 5.05. The number of hydroxylamine groups is 1. The first-order valence-electron chi connectivity index (χ1n) is 7.29. The minimum absolute atomic E-state index is 0.249. The Balaban J connectivity index is 2.10. The predicted octanol–water partition coefficient (Wildman–Crippen LogP) is 2.63. The maximum Gasteiger partial charge on any atom is 0.416 e. The molecule has 25 heavy (non-hydrogen) atoms. The lowest BCUT2D eigenvalue weighted by atomic mass is 10.1. The summed E-state index contributed by atoms with van der Waals surface area (Å²) >= 11 is 0. The molecule has 0 radical (unpaired) electrons. The summed E-state index contributed by atoms with van der Waals surface area (Å²) in [6.45, 7) is 0.276. The quantitative estimate of drug-likeness (QED) is 0.494. The van der Waals surface area contributed by atoms with Crippen molar-refractivity contribution in [2.45, 2.75) is 19.1 Å². The van der Waals surface area contributed by atoms with Crippen molar-refractivity contribution in [3.8, 4) is 0 Å². The number of carbonyl (C=O) groups excluding carboxylic acids is 1. The molecule has 5 nitrogen and oxygen atoms in total. The van der Waals surface area contributed by atoms with E-state index in [9.17, 15) is 22.8 Å². The van der Waals surface area contributed by atoms with E-state index in [1.807, 2.05) is 0 Å². The molecule has 2 N–H and O–H groups in total. The van der Waals surface area contributed by atoms with Crippen LogP contribution in [0, 0.1) is 0 Å². The number of benzene rings is 1. The standard InChI is InChI=1S/C17H15F3N2O3/c18-17(19,20)14-6-3-12(4-7-14)9-11-22-10-1-2-13(16(22)24)5-8-15(23)21-25/h1-8,10,25H,9,11H2,(H,21,23)/b8-5+. The zero-order valence-electron chi connectivity index (χ0n) is 13.0. The van der Waals surface area contributed by atoms with Gasteiger partial charge in [0.05, 0.1) is 5.56 Å². The largest absolute Gasteiger partial charge is 0.416 e. The van der Waals surface area contributed by atoms with Gasteiger partial charge >= 0.3 is 6.18 Å². The third-order valence-corrected chi connectivity index (χ3v) is 3.50. The van der Waals surface area contributed by atoms with E-state index >= 15 is 0 Å². The highest BCUT2D eigenvalue weighted by atomic mass is 19.4. The summed E-state index contributed by atoms with van der Waals surface area (Å²) < 4.78 is 39.0. The highest BCUT2D eigenvalue weighted by Crippen LogP contribution is 2.29. The van der Waals surface area contributed by atoms with Gasteiger partial charge in [0.25, 0.3) is 11.5 Å². The molecule has 8 heteroatoms. The highest BCUT2D eigenvalue weighted by molar-refractivity contribution is 5.90. The molecule has 0 fully saturated rings. The number of hydrogen-bond acceptors (Lipinski definition) is 3. The summed E-state index contributed by atoms with van der Waals surface area (Å²) in [7, 11) is 0. The van der Waals surface area contributed by atoms with Gasteiger partial charge in [-0.3, -0.25) is 14.8 Å². The Morgan fingerprint density at radius 3 is 2.48 bits per heavy atom. The Bertz CT molecular complexity index is 824. The summed E-state index contributed by atoms with van der Waals surface area (Å²) in [5.41, 5.74) is 1.26. The summed E-state index contributed by atoms with van der Waals surface area (Å²) in [4.78, 5) is 23.2. The average molecular weight is 352 g/mol. The number of nitrogens with zero attached hydrogens (tertiary/aromatic N) is 1. The molecule has 0 aliphatic rings. The maximum atomic E-state index is 12.5. The van der Waals surface area contributed by atoms with Crippen molar-refractivity contribution in [1.82, 2.24) is 10.0 Å². The molecule has 0 unspecified atom stereocenters. The van der Waals surface area contributed by atoms with Gasteiger partial charge in [-0.2, -0.15) is 13.2 Å². The number of carbonyl (C=O) groups is 1. The van der Waals surface area contributed by atoms with Crippen molar-refractivity contribution in [3.05, 3.63) is 75.7 Å². The number of aromatic nitrogens is 1. The zero-order valence-corrected chi connectivity index (χ0v) is 13.0. The lowest BCUT2D eigenvalue weighted by Crippen LogP contribution is -2.22. The Morgan fingerprint density at radius 2 is 1.88 bits per heavy atom. The first-order chi connectivity index (χ1) is 11.8. The first kappa shape index (κ1) is 18.5. The van der Waals surface area contributed by atoms with E-state index in [0.717, 1.165) is 18.2 Å². The van der Waals surface area contributed by atoms with Crippen molar-refractivity contribution >= 4 is 12.0 Å². The molecule has 0 spiro atoms. The second kappa shape index (κ2) is 7.80. The van der Waals surface area contributed by atoms with Crippen LogP contribution in [0.1, 0.15) is 16.7 Å². The molecule has 0 saturated carbocycles. The topological polar surface area (TPSA) is 71.3 Å². The summed E-state index contributed by atoms with van der Waals surface area (Å²) in [5.74, 6) is -0.764. The van der Waals surface area contributed by atoms with E-state index in [1.54, 1.807) is 12.3 Å².